The second-order valence-corrected chi connectivity index (χ2v) is 6.32. The molecule has 17 heavy (non-hydrogen) atoms. The lowest BCUT2D eigenvalue weighted by Crippen LogP contribution is -2.26. The zero-order chi connectivity index (χ0) is 12.5. The van der Waals surface area contributed by atoms with Gasteiger partial charge in [-0.25, -0.2) is 0 Å². The highest BCUT2D eigenvalue weighted by atomic mass is 35.5. The van der Waals surface area contributed by atoms with E-state index in [9.17, 15) is 0 Å². The summed E-state index contributed by atoms with van der Waals surface area (Å²) in [5, 5.41) is 8.44. The summed E-state index contributed by atoms with van der Waals surface area (Å²) in [5.41, 5.74) is 1.41. The zero-order valence-electron chi connectivity index (χ0n) is 10.8. The molecule has 0 aliphatic carbocycles. The van der Waals surface area contributed by atoms with Crippen LogP contribution in [0.1, 0.15) is 32.9 Å². The molecule has 94 valence electrons. The Balaban J connectivity index is 1.92. The van der Waals surface area contributed by atoms with E-state index in [1.54, 1.807) is 6.07 Å². The molecule has 1 aromatic rings. The molecule has 4 heteroatoms. The van der Waals surface area contributed by atoms with Crippen molar-refractivity contribution >= 4 is 11.6 Å². The Morgan fingerprint density at radius 3 is 2.65 bits per heavy atom. The first-order chi connectivity index (χ1) is 7.95. The molecular weight excluding hydrogens is 234 g/mol. The van der Waals surface area contributed by atoms with Gasteiger partial charge in [-0.3, -0.25) is 4.90 Å². The van der Waals surface area contributed by atoms with Gasteiger partial charge >= 0.3 is 0 Å². The molecule has 0 bridgehead atoms. The van der Waals surface area contributed by atoms with Crippen LogP contribution >= 0.6 is 11.6 Å². The molecule has 1 unspecified atom stereocenters. The van der Waals surface area contributed by atoms with Gasteiger partial charge in [-0.1, -0.05) is 32.4 Å². The third-order valence-corrected chi connectivity index (χ3v) is 3.77. The monoisotopic (exact) mass is 253 g/mol. The molecule has 0 spiro atoms. The number of nitrogens with zero attached hydrogens (tertiary/aromatic N) is 3. The number of rotatable bonds is 2. The fourth-order valence-corrected chi connectivity index (χ4v) is 2.44. The number of aromatic nitrogens is 2. The highest BCUT2D eigenvalue weighted by Gasteiger charge is 2.31. The van der Waals surface area contributed by atoms with Crippen molar-refractivity contribution in [3.05, 3.63) is 23.0 Å². The van der Waals surface area contributed by atoms with Crippen LogP contribution in [0.15, 0.2) is 12.1 Å². The van der Waals surface area contributed by atoms with E-state index in [2.05, 4.69) is 35.9 Å². The fourth-order valence-electron chi connectivity index (χ4n) is 2.34. The maximum atomic E-state index is 5.72. The molecule has 0 radical (unpaired) electrons. The molecule has 1 fully saturated rings. The molecule has 1 atom stereocenters. The smallest absolute Gasteiger partial charge is 0.151 e. The van der Waals surface area contributed by atoms with Gasteiger partial charge in [0.2, 0.25) is 0 Å². The predicted octanol–water partition coefficient (Wildman–Crippen LogP) is 3.00. The van der Waals surface area contributed by atoms with Crippen LogP contribution in [-0.4, -0.2) is 28.2 Å². The third kappa shape index (κ3) is 3.39. The van der Waals surface area contributed by atoms with Crippen LogP contribution in [0, 0.1) is 11.3 Å². The van der Waals surface area contributed by atoms with Gasteiger partial charge in [0.15, 0.2) is 5.15 Å². The van der Waals surface area contributed by atoms with Gasteiger partial charge < -0.3 is 0 Å². The van der Waals surface area contributed by atoms with E-state index in [1.165, 1.54) is 6.42 Å². The summed E-state index contributed by atoms with van der Waals surface area (Å²) < 4.78 is 0. The van der Waals surface area contributed by atoms with Crippen LogP contribution in [0.4, 0.5) is 0 Å². The van der Waals surface area contributed by atoms with Crippen LogP contribution in [0.3, 0.4) is 0 Å². The zero-order valence-corrected chi connectivity index (χ0v) is 11.5. The quantitative estimate of drug-likeness (QED) is 0.811. The first-order valence-electron chi connectivity index (χ1n) is 6.15. The minimum atomic E-state index is 0.403. The lowest BCUT2D eigenvalue weighted by atomic mass is 9.80. The van der Waals surface area contributed by atoms with E-state index in [-0.39, 0.29) is 0 Å². The Kier molecular flexibility index (Phi) is 3.69. The summed E-state index contributed by atoms with van der Waals surface area (Å²) in [7, 11) is 0. The van der Waals surface area contributed by atoms with Crippen LogP contribution in [-0.2, 0) is 6.54 Å². The Bertz CT molecular complexity index is 369. The van der Waals surface area contributed by atoms with Crippen molar-refractivity contribution in [2.24, 2.45) is 11.3 Å². The summed E-state index contributed by atoms with van der Waals surface area (Å²) in [4.78, 5) is 2.45. The van der Waals surface area contributed by atoms with Gasteiger partial charge in [-0.05, 0) is 36.4 Å². The first-order valence-corrected chi connectivity index (χ1v) is 6.53. The van der Waals surface area contributed by atoms with Crippen molar-refractivity contribution in [3.63, 3.8) is 0 Å². The van der Waals surface area contributed by atoms with E-state index in [1.807, 2.05) is 6.07 Å². The normalized spacial score (nSPS) is 22.0. The van der Waals surface area contributed by atoms with Crippen LogP contribution in [0.2, 0.25) is 5.15 Å². The standard InChI is InChI=1S/C13H20ClN3/c1-13(2,3)10-6-7-17(8-10)9-11-4-5-12(14)16-15-11/h4-5,10H,6-9H2,1-3H3. The number of hydrogen-bond donors (Lipinski definition) is 0. The molecule has 1 aromatic heterocycles. The highest BCUT2D eigenvalue weighted by Crippen LogP contribution is 2.33. The molecule has 0 saturated carbocycles. The number of hydrogen-bond acceptors (Lipinski definition) is 3. The molecule has 0 amide bonds. The van der Waals surface area contributed by atoms with Crippen LogP contribution < -0.4 is 0 Å². The van der Waals surface area contributed by atoms with Gasteiger partial charge in [0.05, 0.1) is 5.69 Å². The number of halogens is 1. The first kappa shape index (κ1) is 12.8. The Labute approximate surface area is 108 Å². The topological polar surface area (TPSA) is 29.0 Å². The minimum absolute atomic E-state index is 0.403. The van der Waals surface area contributed by atoms with E-state index in [0.717, 1.165) is 31.2 Å². The highest BCUT2D eigenvalue weighted by molar-refractivity contribution is 6.29. The molecule has 1 aliphatic heterocycles. The molecule has 1 saturated heterocycles. The van der Waals surface area contributed by atoms with Crippen molar-refractivity contribution in [2.75, 3.05) is 13.1 Å². The second-order valence-electron chi connectivity index (χ2n) is 5.93. The third-order valence-electron chi connectivity index (χ3n) is 3.57. The fraction of sp³-hybridized carbons (Fsp3) is 0.692. The van der Waals surface area contributed by atoms with Crippen molar-refractivity contribution < 1.29 is 0 Å². The van der Waals surface area contributed by atoms with E-state index in [0.29, 0.717) is 10.6 Å². The van der Waals surface area contributed by atoms with Crippen molar-refractivity contribution in [2.45, 2.75) is 33.7 Å². The lowest BCUT2D eigenvalue weighted by molar-refractivity contribution is 0.225. The molecule has 2 rings (SSSR count). The summed E-state index contributed by atoms with van der Waals surface area (Å²) >= 11 is 5.72. The average molecular weight is 254 g/mol. The van der Waals surface area contributed by atoms with Gasteiger partial charge in [-0.15, -0.1) is 5.10 Å². The molecule has 3 nitrogen and oxygen atoms in total. The van der Waals surface area contributed by atoms with Crippen LogP contribution in [0.5, 0.6) is 0 Å². The van der Waals surface area contributed by atoms with Crippen molar-refractivity contribution in [1.82, 2.24) is 15.1 Å². The lowest BCUT2D eigenvalue weighted by Gasteiger charge is -2.27. The SMILES string of the molecule is CC(C)(C)C1CCN(Cc2ccc(Cl)nn2)C1. The average Bonchev–Trinajstić information content (AvgIpc) is 2.69. The second kappa shape index (κ2) is 4.91. The largest absolute Gasteiger partial charge is 0.297 e. The van der Waals surface area contributed by atoms with E-state index < -0.39 is 0 Å². The maximum Gasteiger partial charge on any atom is 0.151 e. The minimum Gasteiger partial charge on any atom is -0.297 e. The van der Waals surface area contributed by atoms with E-state index in [4.69, 9.17) is 11.6 Å². The van der Waals surface area contributed by atoms with Gasteiger partial charge in [0.25, 0.3) is 0 Å². The molecule has 1 aliphatic rings. The molecule has 2 heterocycles. The van der Waals surface area contributed by atoms with Crippen molar-refractivity contribution in [3.8, 4) is 0 Å². The summed E-state index contributed by atoms with van der Waals surface area (Å²) in [6.45, 7) is 10.2. The number of likely N-dealkylation sites (tertiary alicyclic amines) is 1. The Hall–Kier alpha value is -0.670. The Morgan fingerprint density at radius 1 is 1.35 bits per heavy atom. The van der Waals surface area contributed by atoms with Crippen molar-refractivity contribution in [1.29, 1.82) is 0 Å². The summed E-state index contributed by atoms with van der Waals surface area (Å²) in [5.74, 6) is 0.780. The van der Waals surface area contributed by atoms with Crippen LogP contribution in [0.25, 0.3) is 0 Å². The van der Waals surface area contributed by atoms with E-state index >= 15 is 0 Å². The molecular formula is C13H20ClN3. The predicted molar refractivity (Wildman–Crippen MR) is 69.9 cm³/mol. The molecule has 0 aromatic carbocycles. The van der Waals surface area contributed by atoms with Gasteiger partial charge in [-0.2, -0.15) is 5.10 Å². The molecule has 0 N–H and O–H groups in total. The van der Waals surface area contributed by atoms with Gasteiger partial charge in [0.1, 0.15) is 0 Å². The van der Waals surface area contributed by atoms with Gasteiger partial charge in [0, 0.05) is 13.1 Å². The Morgan fingerprint density at radius 2 is 2.12 bits per heavy atom. The summed E-state index contributed by atoms with van der Waals surface area (Å²) in [6, 6.07) is 3.76. The maximum absolute atomic E-state index is 5.72. The summed E-state index contributed by atoms with van der Waals surface area (Å²) in [6.07, 6.45) is 1.28.